The van der Waals surface area contributed by atoms with Gasteiger partial charge in [0.2, 0.25) is 0 Å². The van der Waals surface area contributed by atoms with Crippen molar-refractivity contribution in [2.45, 2.75) is 11.5 Å². The molecule has 0 N–H and O–H groups in total. The molecule has 0 radical (unpaired) electrons. The van der Waals surface area contributed by atoms with E-state index in [-0.39, 0.29) is 0 Å². The zero-order chi connectivity index (χ0) is 9.10. The van der Waals surface area contributed by atoms with E-state index in [4.69, 9.17) is 0 Å². The fraction of sp³-hybridized carbons (Fsp3) is 0.250. The van der Waals surface area contributed by atoms with E-state index in [1.54, 1.807) is 20.6 Å². The van der Waals surface area contributed by atoms with Crippen molar-refractivity contribution in [3.8, 4) is 0 Å². The number of hydrogen-bond acceptors (Lipinski definition) is 4. The normalized spacial score (nSPS) is 22.9. The molecule has 0 spiro atoms. The molecule has 0 fully saturated rings. The Kier molecular flexibility index (Phi) is 3.66. The fourth-order valence-electron chi connectivity index (χ4n) is 1.13. The van der Waals surface area contributed by atoms with Gasteiger partial charge < -0.3 is 0 Å². The monoisotopic (exact) mass is 248 g/mol. The first-order valence-electron chi connectivity index (χ1n) is 3.78. The van der Waals surface area contributed by atoms with E-state index >= 15 is 0 Å². The molecule has 70 valence electrons. The van der Waals surface area contributed by atoms with Gasteiger partial charge in [0.05, 0.1) is 15.6 Å². The van der Waals surface area contributed by atoms with Crippen LogP contribution in [0.25, 0.3) is 0 Å². The van der Waals surface area contributed by atoms with Gasteiger partial charge in [-0.3, -0.25) is 0 Å². The van der Waals surface area contributed by atoms with Crippen LogP contribution in [0, 0.1) is 0 Å². The van der Waals surface area contributed by atoms with Gasteiger partial charge in [0.1, 0.15) is 0 Å². The molecule has 0 saturated carbocycles. The topological polar surface area (TPSA) is 17.1 Å². The first kappa shape index (κ1) is 9.96. The average Bonchev–Trinajstić information content (AvgIpc) is 2.11. The minimum Gasteiger partial charge on any atom is -0.247 e. The van der Waals surface area contributed by atoms with E-state index in [0.717, 1.165) is 5.75 Å². The summed E-state index contributed by atoms with van der Waals surface area (Å²) in [6, 6.07) is 8.25. The van der Waals surface area contributed by atoms with Gasteiger partial charge in [-0.25, -0.2) is 4.21 Å². The van der Waals surface area contributed by atoms with Gasteiger partial charge in [-0.2, -0.15) is 0 Å². The Bertz CT molecular complexity index is 326. The van der Waals surface area contributed by atoms with Gasteiger partial charge >= 0.3 is 0 Å². The van der Waals surface area contributed by atoms with Crippen molar-refractivity contribution in [2.24, 2.45) is 0 Å². The first-order chi connectivity index (χ1) is 6.36. The Balaban J connectivity index is 2.30. The molecule has 0 aromatic heterocycles. The van der Waals surface area contributed by atoms with Crippen LogP contribution in [0.5, 0.6) is 0 Å². The summed E-state index contributed by atoms with van der Waals surface area (Å²) in [4.78, 5) is 0. The summed E-state index contributed by atoms with van der Waals surface area (Å²) in [5.41, 5.74) is 2.56. The van der Waals surface area contributed by atoms with Crippen LogP contribution in [0.4, 0.5) is 0 Å². The van der Waals surface area contributed by atoms with Crippen molar-refractivity contribution in [1.29, 1.82) is 0 Å². The third kappa shape index (κ3) is 2.68. The van der Waals surface area contributed by atoms with Gasteiger partial charge in [0.15, 0.2) is 0 Å². The molecular weight excluding hydrogens is 240 g/mol. The molecule has 1 heterocycles. The van der Waals surface area contributed by atoms with E-state index < -0.39 is 9.83 Å². The van der Waals surface area contributed by atoms with E-state index in [0.29, 0.717) is 5.75 Å². The molecule has 1 aliphatic rings. The zero-order valence-corrected chi connectivity index (χ0v) is 10.0. The average molecular weight is 248 g/mol. The minimum atomic E-state index is -0.771. The molecule has 1 unspecified atom stereocenters. The van der Waals surface area contributed by atoms with E-state index in [9.17, 15) is 4.21 Å². The maximum Gasteiger partial charge on any atom is 0.0964 e. The molecule has 1 aromatic carbocycles. The van der Waals surface area contributed by atoms with Crippen molar-refractivity contribution < 1.29 is 4.21 Å². The van der Waals surface area contributed by atoms with Gasteiger partial charge in [-0.05, 0) is 21.0 Å². The summed E-state index contributed by atoms with van der Waals surface area (Å²) in [6.07, 6.45) is 0. The Hall–Kier alpha value is 0.420. The number of hydrogen-bond donors (Lipinski definition) is 0. The summed E-state index contributed by atoms with van der Waals surface area (Å²) in [6.45, 7) is 0. The van der Waals surface area contributed by atoms with Crippen LogP contribution in [-0.4, -0.2) is 4.21 Å². The second-order valence-electron chi connectivity index (χ2n) is 2.62. The maximum absolute atomic E-state index is 11.4. The fourth-order valence-corrected chi connectivity index (χ4v) is 8.14. The van der Waals surface area contributed by atoms with Crippen molar-refractivity contribution in [1.82, 2.24) is 0 Å². The van der Waals surface area contributed by atoms with Crippen LogP contribution in [-0.2, 0) is 21.3 Å². The second kappa shape index (κ2) is 4.77. The molecule has 2 rings (SSSR count). The molecular formula is C8H8OS4. The number of fused-ring (bicyclic) bond motifs is 1. The molecule has 1 atom stereocenters. The third-order valence-corrected chi connectivity index (χ3v) is 8.89. The molecule has 1 aromatic rings. The number of benzene rings is 1. The second-order valence-corrected chi connectivity index (χ2v) is 9.40. The lowest BCUT2D eigenvalue weighted by molar-refractivity contribution is 0.691. The quantitative estimate of drug-likeness (QED) is 0.654. The smallest absolute Gasteiger partial charge is 0.0964 e. The number of rotatable bonds is 0. The molecule has 1 nitrogen and oxygen atoms in total. The van der Waals surface area contributed by atoms with Gasteiger partial charge in [0.25, 0.3) is 0 Å². The highest BCUT2D eigenvalue weighted by Gasteiger charge is 2.11. The maximum atomic E-state index is 11.4. The van der Waals surface area contributed by atoms with Crippen LogP contribution >= 0.6 is 30.4 Å². The first-order valence-corrected chi connectivity index (χ1v) is 9.27. The van der Waals surface area contributed by atoms with Crippen LogP contribution in [0.2, 0.25) is 0 Å². The van der Waals surface area contributed by atoms with Crippen LogP contribution in [0.3, 0.4) is 0 Å². The SMILES string of the molecule is O=S1Cc2ccccc2CSSS1. The predicted molar refractivity (Wildman–Crippen MR) is 64.8 cm³/mol. The highest BCUT2D eigenvalue weighted by Crippen LogP contribution is 2.42. The zero-order valence-electron chi connectivity index (χ0n) is 6.76. The third-order valence-electron chi connectivity index (χ3n) is 1.76. The van der Waals surface area contributed by atoms with Crippen molar-refractivity contribution >= 4 is 40.3 Å². The molecule has 13 heavy (non-hydrogen) atoms. The Morgan fingerprint density at radius 1 is 1.23 bits per heavy atom. The largest absolute Gasteiger partial charge is 0.247 e. The molecule has 0 bridgehead atoms. The summed E-state index contributed by atoms with van der Waals surface area (Å²) >= 11 is 0. The Morgan fingerprint density at radius 2 is 2.00 bits per heavy atom. The van der Waals surface area contributed by atoms with E-state index in [2.05, 4.69) is 12.1 Å². The van der Waals surface area contributed by atoms with Crippen molar-refractivity contribution in [3.63, 3.8) is 0 Å². The predicted octanol–water partition coefficient (Wildman–Crippen LogP) is 3.39. The van der Waals surface area contributed by atoms with E-state index in [1.165, 1.54) is 21.0 Å². The highest BCUT2D eigenvalue weighted by molar-refractivity contribution is 9.23. The lowest BCUT2D eigenvalue weighted by Gasteiger charge is -2.11. The Morgan fingerprint density at radius 3 is 2.85 bits per heavy atom. The Labute approximate surface area is 91.1 Å². The van der Waals surface area contributed by atoms with Crippen molar-refractivity contribution in [3.05, 3.63) is 35.4 Å². The van der Waals surface area contributed by atoms with Crippen LogP contribution in [0.15, 0.2) is 24.3 Å². The molecule has 5 heteroatoms. The summed E-state index contributed by atoms with van der Waals surface area (Å²) in [5, 5.41) is 0. The molecule has 0 saturated heterocycles. The van der Waals surface area contributed by atoms with Gasteiger partial charge in [-0.15, -0.1) is 0 Å². The molecule has 0 amide bonds. The lowest BCUT2D eigenvalue weighted by Crippen LogP contribution is -1.96. The van der Waals surface area contributed by atoms with Crippen molar-refractivity contribution in [2.75, 3.05) is 0 Å². The standard InChI is InChI=1S/C8H8OS4/c9-13-6-8-4-2-1-3-7(8)5-10-11-12-13/h1-4H,5-6H2. The van der Waals surface area contributed by atoms with E-state index in [1.807, 2.05) is 12.1 Å². The van der Waals surface area contributed by atoms with Crippen LogP contribution in [0.1, 0.15) is 11.1 Å². The molecule has 0 aliphatic carbocycles. The molecule has 1 aliphatic heterocycles. The highest BCUT2D eigenvalue weighted by atomic mass is 33.7. The minimum absolute atomic E-state index is 0.689. The summed E-state index contributed by atoms with van der Waals surface area (Å²) in [5.74, 6) is 1.71. The van der Waals surface area contributed by atoms with Crippen LogP contribution < -0.4 is 0 Å². The van der Waals surface area contributed by atoms with Gasteiger partial charge in [0, 0.05) is 15.6 Å². The summed E-state index contributed by atoms with van der Waals surface area (Å²) in [7, 11) is 4.09. The summed E-state index contributed by atoms with van der Waals surface area (Å²) < 4.78 is 11.4. The van der Waals surface area contributed by atoms with Gasteiger partial charge in [-0.1, -0.05) is 35.1 Å². The lowest BCUT2D eigenvalue weighted by atomic mass is 10.1.